The first kappa shape index (κ1) is 14.9. The zero-order valence-corrected chi connectivity index (χ0v) is 12.7. The van der Waals surface area contributed by atoms with Gasteiger partial charge in [-0.3, -0.25) is 4.72 Å². The smallest absolute Gasteiger partial charge is 0.229 e. The molecule has 0 radical (unpaired) electrons. The van der Waals surface area contributed by atoms with Gasteiger partial charge in [0.05, 0.1) is 13.4 Å². The van der Waals surface area contributed by atoms with E-state index in [0.717, 1.165) is 17.6 Å². The molecule has 1 aromatic rings. The van der Waals surface area contributed by atoms with Crippen LogP contribution < -0.4 is 9.46 Å². The molecular weight excluding hydrogens is 274 g/mol. The summed E-state index contributed by atoms with van der Waals surface area (Å²) in [5.74, 6) is 1.38. The summed E-state index contributed by atoms with van der Waals surface area (Å²) in [6.45, 7) is 0. The molecule has 0 heterocycles. The Bertz CT molecular complexity index is 587. The Balaban J connectivity index is 2.21. The van der Waals surface area contributed by atoms with Crippen molar-refractivity contribution in [2.75, 3.05) is 18.1 Å². The van der Waals surface area contributed by atoms with Gasteiger partial charge in [0.25, 0.3) is 0 Å². The lowest BCUT2D eigenvalue weighted by Crippen LogP contribution is -2.09. The molecule has 0 saturated heterocycles. The average molecular weight is 295 g/mol. The van der Waals surface area contributed by atoms with Gasteiger partial charge in [-0.25, -0.2) is 8.42 Å². The first-order chi connectivity index (χ1) is 9.48. The van der Waals surface area contributed by atoms with Crippen molar-refractivity contribution in [3.8, 4) is 5.75 Å². The van der Waals surface area contributed by atoms with Crippen LogP contribution in [0, 0.1) is 5.92 Å². The molecule has 1 aliphatic rings. The third-order valence-corrected chi connectivity index (χ3v) is 4.09. The second-order valence-corrected chi connectivity index (χ2v) is 6.98. The fourth-order valence-electron chi connectivity index (χ4n) is 2.53. The Hall–Kier alpha value is -1.49. The van der Waals surface area contributed by atoms with E-state index in [0.29, 0.717) is 11.6 Å². The molecule has 20 heavy (non-hydrogen) atoms. The summed E-state index contributed by atoms with van der Waals surface area (Å²) >= 11 is 0. The fraction of sp³-hybridized carbons (Fsp3) is 0.467. The summed E-state index contributed by atoms with van der Waals surface area (Å²) in [5.41, 5.74) is 1.45. The molecule has 0 aliphatic heterocycles. The van der Waals surface area contributed by atoms with Crippen LogP contribution in [0.2, 0.25) is 0 Å². The van der Waals surface area contributed by atoms with Gasteiger partial charge in [0.2, 0.25) is 10.0 Å². The number of rotatable bonds is 5. The summed E-state index contributed by atoms with van der Waals surface area (Å²) in [5, 5.41) is 0. The highest BCUT2D eigenvalue weighted by Crippen LogP contribution is 2.29. The van der Waals surface area contributed by atoms with E-state index in [1.54, 1.807) is 25.3 Å². The van der Waals surface area contributed by atoms with E-state index >= 15 is 0 Å². The lowest BCUT2D eigenvalue weighted by Gasteiger charge is -2.09. The molecule has 0 unspecified atom stereocenters. The fourth-order valence-corrected chi connectivity index (χ4v) is 3.09. The highest BCUT2D eigenvalue weighted by atomic mass is 32.2. The van der Waals surface area contributed by atoms with Crippen molar-refractivity contribution in [2.24, 2.45) is 5.92 Å². The predicted molar refractivity (Wildman–Crippen MR) is 82.5 cm³/mol. The molecule has 1 N–H and O–H groups in total. The maximum Gasteiger partial charge on any atom is 0.229 e. The monoisotopic (exact) mass is 295 g/mol. The second kappa shape index (κ2) is 6.31. The van der Waals surface area contributed by atoms with Gasteiger partial charge in [0, 0.05) is 11.3 Å². The van der Waals surface area contributed by atoms with Gasteiger partial charge < -0.3 is 4.74 Å². The molecule has 110 valence electrons. The number of anilines is 1. The van der Waals surface area contributed by atoms with Crippen molar-refractivity contribution in [2.45, 2.75) is 25.7 Å². The van der Waals surface area contributed by atoms with Crippen LogP contribution in [0.3, 0.4) is 0 Å². The van der Waals surface area contributed by atoms with E-state index in [-0.39, 0.29) is 0 Å². The first-order valence-electron chi connectivity index (χ1n) is 6.82. The van der Waals surface area contributed by atoms with E-state index in [1.165, 1.54) is 25.7 Å². The van der Waals surface area contributed by atoms with E-state index < -0.39 is 10.0 Å². The molecule has 1 aromatic carbocycles. The lowest BCUT2D eigenvalue weighted by molar-refractivity contribution is 0.414. The molecule has 0 amide bonds. The Kier molecular flexibility index (Phi) is 4.70. The SMILES string of the molecule is COc1ccc(NS(C)(=O)=O)cc1/C=C/C1CCCC1. The number of hydrogen-bond donors (Lipinski definition) is 1. The number of benzene rings is 1. The van der Waals surface area contributed by atoms with Gasteiger partial charge >= 0.3 is 0 Å². The minimum absolute atomic E-state index is 0.555. The molecule has 0 bridgehead atoms. The maximum atomic E-state index is 11.3. The largest absolute Gasteiger partial charge is 0.496 e. The molecule has 1 aliphatic carbocycles. The van der Waals surface area contributed by atoms with E-state index in [4.69, 9.17) is 4.74 Å². The molecule has 0 spiro atoms. The topological polar surface area (TPSA) is 55.4 Å². The normalized spacial score (nSPS) is 16.7. The molecular formula is C15H21NO3S. The van der Waals surface area contributed by atoms with Gasteiger partial charge in [-0.2, -0.15) is 0 Å². The number of methoxy groups -OCH3 is 1. The predicted octanol–water partition coefficient (Wildman–Crippen LogP) is 3.27. The summed E-state index contributed by atoms with van der Waals surface area (Å²) < 4.78 is 30.3. The standard InChI is InChI=1S/C15H21NO3S/c1-19-15-10-9-14(16-20(2,17)18)11-13(15)8-7-12-5-3-4-6-12/h7-12,16H,3-6H2,1-2H3/b8-7+. The van der Waals surface area contributed by atoms with Crippen LogP contribution in [-0.4, -0.2) is 21.8 Å². The zero-order valence-electron chi connectivity index (χ0n) is 11.9. The molecule has 1 saturated carbocycles. The van der Waals surface area contributed by atoms with Crippen LogP contribution in [-0.2, 0) is 10.0 Å². The van der Waals surface area contributed by atoms with E-state index in [9.17, 15) is 8.42 Å². The average Bonchev–Trinajstić information content (AvgIpc) is 2.87. The minimum Gasteiger partial charge on any atom is -0.496 e. The van der Waals surface area contributed by atoms with Gasteiger partial charge in [-0.05, 0) is 37.0 Å². The van der Waals surface area contributed by atoms with Crippen LogP contribution in [0.5, 0.6) is 5.75 Å². The molecule has 0 atom stereocenters. The first-order valence-corrected chi connectivity index (χ1v) is 8.71. The van der Waals surface area contributed by atoms with Crippen LogP contribution >= 0.6 is 0 Å². The van der Waals surface area contributed by atoms with Gasteiger partial charge in [0.1, 0.15) is 5.75 Å². The summed E-state index contributed by atoms with van der Waals surface area (Å²) in [6.07, 6.45) is 10.4. The quantitative estimate of drug-likeness (QED) is 0.907. The molecule has 4 nitrogen and oxygen atoms in total. The van der Waals surface area contributed by atoms with Gasteiger partial charge in [-0.15, -0.1) is 0 Å². The third kappa shape index (κ3) is 4.27. The van der Waals surface area contributed by atoms with Crippen LogP contribution in [0.4, 0.5) is 5.69 Å². The summed E-state index contributed by atoms with van der Waals surface area (Å²) in [6, 6.07) is 5.28. The van der Waals surface area contributed by atoms with Crippen molar-refractivity contribution >= 4 is 21.8 Å². The van der Waals surface area contributed by atoms with Gasteiger partial charge in [-0.1, -0.05) is 25.0 Å². The Morgan fingerprint density at radius 1 is 1.30 bits per heavy atom. The van der Waals surface area contributed by atoms with E-state index in [2.05, 4.69) is 10.8 Å². The van der Waals surface area contributed by atoms with Crippen LogP contribution in [0.25, 0.3) is 6.08 Å². The van der Waals surface area contributed by atoms with Crippen LogP contribution in [0.1, 0.15) is 31.2 Å². The number of nitrogens with one attached hydrogen (secondary N) is 1. The maximum absolute atomic E-state index is 11.3. The third-order valence-electron chi connectivity index (χ3n) is 3.48. The minimum atomic E-state index is -3.26. The van der Waals surface area contributed by atoms with Crippen molar-refractivity contribution in [3.63, 3.8) is 0 Å². The molecule has 1 fully saturated rings. The lowest BCUT2D eigenvalue weighted by atomic mass is 10.1. The Morgan fingerprint density at radius 2 is 2.00 bits per heavy atom. The van der Waals surface area contributed by atoms with Crippen LogP contribution in [0.15, 0.2) is 24.3 Å². The number of sulfonamides is 1. The highest BCUT2D eigenvalue weighted by molar-refractivity contribution is 7.92. The Morgan fingerprint density at radius 3 is 2.60 bits per heavy atom. The Labute approximate surface area is 120 Å². The summed E-state index contributed by atoms with van der Waals surface area (Å²) in [4.78, 5) is 0. The number of allylic oxidation sites excluding steroid dienone is 1. The van der Waals surface area contributed by atoms with E-state index in [1.807, 2.05) is 6.08 Å². The van der Waals surface area contributed by atoms with Crippen molar-refractivity contribution in [1.29, 1.82) is 0 Å². The number of hydrogen-bond acceptors (Lipinski definition) is 3. The van der Waals surface area contributed by atoms with Crippen molar-refractivity contribution in [1.82, 2.24) is 0 Å². The molecule has 2 rings (SSSR count). The molecule has 5 heteroatoms. The zero-order chi connectivity index (χ0) is 14.6. The van der Waals surface area contributed by atoms with Crippen molar-refractivity contribution < 1.29 is 13.2 Å². The molecule has 0 aromatic heterocycles. The second-order valence-electron chi connectivity index (χ2n) is 5.23. The highest BCUT2D eigenvalue weighted by Gasteiger charge is 2.12. The van der Waals surface area contributed by atoms with Gasteiger partial charge in [0.15, 0.2) is 0 Å². The summed E-state index contributed by atoms with van der Waals surface area (Å²) in [7, 11) is -1.64. The van der Waals surface area contributed by atoms with Crippen molar-refractivity contribution in [3.05, 3.63) is 29.8 Å². The number of ether oxygens (including phenoxy) is 1.